The Kier molecular flexibility index (Phi) is 4.60. The zero-order chi connectivity index (χ0) is 12.3. The summed E-state index contributed by atoms with van der Waals surface area (Å²) in [6.07, 6.45) is 2.85. The molecule has 17 heavy (non-hydrogen) atoms. The molecule has 1 saturated carbocycles. The van der Waals surface area contributed by atoms with Gasteiger partial charge in [-0.05, 0) is 50.0 Å². The summed E-state index contributed by atoms with van der Waals surface area (Å²) in [5, 5.41) is 3.17. The van der Waals surface area contributed by atoms with Crippen LogP contribution in [0.3, 0.4) is 0 Å². The van der Waals surface area contributed by atoms with E-state index >= 15 is 0 Å². The Morgan fingerprint density at radius 2 is 2.18 bits per heavy atom. The molecule has 1 fully saturated rings. The molecule has 1 aromatic rings. The molecule has 0 spiro atoms. The van der Waals surface area contributed by atoms with Crippen LogP contribution in [0, 0.1) is 5.92 Å². The molecule has 0 aromatic heterocycles. The summed E-state index contributed by atoms with van der Waals surface area (Å²) in [7, 11) is 4.19. The maximum Gasteiger partial charge on any atom is 0.0242 e. The van der Waals surface area contributed by atoms with E-state index in [1.807, 2.05) is 7.05 Å². The van der Waals surface area contributed by atoms with E-state index in [-0.39, 0.29) is 0 Å². The predicted octanol–water partition coefficient (Wildman–Crippen LogP) is 3.01. The fourth-order valence-electron chi connectivity index (χ4n) is 2.13. The lowest BCUT2D eigenvalue weighted by Gasteiger charge is -2.17. The number of halogens is 1. The van der Waals surface area contributed by atoms with Gasteiger partial charge in [0.15, 0.2) is 0 Å². The van der Waals surface area contributed by atoms with Crippen molar-refractivity contribution in [3.8, 4) is 0 Å². The summed E-state index contributed by atoms with van der Waals surface area (Å²) in [6.45, 7) is 3.21. The molecule has 1 aliphatic carbocycles. The minimum absolute atomic E-state index is 0.927. The molecular formula is C14H21BrN2. The Hall–Kier alpha value is -0.380. The lowest BCUT2D eigenvalue weighted by molar-refractivity contribution is 0.312. The molecule has 0 unspecified atom stereocenters. The monoisotopic (exact) mass is 296 g/mol. The van der Waals surface area contributed by atoms with Gasteiger partial charge in [-0.1, -0.05) is 28.1 Å². The lowest BCUT2D eigenvalue weighted by atomic mass is 10.1. The van der Waals surface area contributed by atoms with Crippen LogP contribution in [0.2, 0.25) is 0 Å². The summed E-state index contributed by atoms with van der Waals surface area (Å²) in [5.41, 5.74) is 2.71. The van der Waals surface area contributed by atoms with E-state index in [4.69, 9.17) is 0 Å². The Balaban J connectivity index is 1.94. The third kappa shape index (κ3) is 4.09. The predicted molar refractivity (Wildman–Crippen MR) is 76.0 cm³/mol. The van der Waals surface area contributed by atoms with E-state index in [0.29, 0.717) is 0 Å². The van der Waals surface area contributed by atoms with E-state index in [1.165, 1.54) is 35.0 Å². The Morgan fingerprint density at radius 3 is 2.76 bits per heavy atom. The van der Waals surface area contributed by atoms with Crippen molar-refractivity contribution < 1.29 is 0 Å². The second-order valence-corrected chi connectivity index (χ2v) is 5.95. The van der Waals surface area contributed by atoms with Crippen LogP contribution in [0.25, 0.3) is 0 Å². The first-order chi connectivity index (χ1) is 8.19. The normalized spacial score (nSPS) is 15.5. The van der Waals surface area contributed by atoms with Crippen molar-refractivity contribution in [1.82, 2.24) is 10.2 Å². The topological polar surface area (TPSA) is 15.3 Å². The minimum Gasteiger partial charge on any atom is -0.316 e. The molecule has 0 radical (unpaired) electrons. The molecule has 0 amide bonds. The van der Waals surface area contributed by atoms with Crippen molar-refractivity contribution >= 4 is 15.9 Å². The van der Waals surface area contributed by atoms with Crippen LogP contribution in [-0.4, -0.2) is 25.5 Å². The summed E-state index contributed by atoms with van der Waals surface area (Å²) in [6, 6.07) is 6.67. The Labute approximate surface area is 113 Å². The summed E-state index contributed by atoms with van der Waals surface area (Å²) in [4.78, 5) is 2.43. The van der Waals surface area contributed by atoms with Crippen LogP contribution < -0.4 is 5.32 Å². The largest absolute Gasteiger partial charge is 0.316 e. The van der Waals surface area contributed by atoms with Crippen molar-refractivity contribution in [2.45, 2.75) is 25.9 Å². The van der Waals surface area contributed by atoms with Crippen molar-refractivity contribution in [1.29, 1.82) is 0 Å². The zero-order valence-corrected chi connectivity index (χ0v) is 12.3. The van der Waals surface area contributed by atoms with Gasteiger partial charge < -0.3 is 10.2 Å². The molecule has 0 saturated heterocycles. The maximum absolute atomic E-state index is 3.67. The standard InChI is InChI=1S/C14H21BrN2/c1-16-8-12-5-6-13(14(15)7-12)10-17(2)9-11-3-4-11/h5-7,11,16H,3-4,8-10H2,1-2H3. The van der Waals surface area contributed by atoms with Crippen LogP contribution in [0.1, 0.15) is 24.0 Å². The number of hydrogen-bond donors (Lipinski definition) is 1. The molecule has 0 heterocycles. The number of hydrogen-bond acceptors (Lipinski definition) is 2. The Bertz CT molecular complexity index is 374. The van der Waals surface area contributed by atoms with Crippen LogP contribution in [0.4, 0.5) is 0 Å². The molecule has 3 heteroatoms. The number of benzene rings is 1. The highest BCUT2D eigenvalue weighted by Crippen LogP contribution is 2.30. The fraction of sp³-hybridized carbons (Fsp3) is 0.571. The number of nitrogens with zero attached hydrogens (tertiary/aromatic N) is 1. The fourth-order valence-corrected chi connectivity index (χ4v) is 2.68. The van der Waals surface area contributed by atoms with Gasteiger partial charge in [-0.15, -0.1) is 0 Å². The molecule has 1 aromatic carbocycles. The highest BCUT2D eigenvalue weighted by Gasteiger charge is 2.22. The maximum atomic E-state index is 3.67. The van der Waals surface area contributed by atoms with Gasteiger partial charge in [-0.25, -0.2) is 0 Å². The molecule has 1 N–H and O–H groups in total. The van der Waals surface area contributed by atoms with Gasteiger partial charge in [0.25, 0.3) is 0 Å². The van der Waals surface area contributed by atoms with Crippen LogP contribution in [0.5, 0.6) is 0 Å². The average Bonchev–Trinajstić information content (AvgIpc) is 3.06. The summed E-state index contributed by atoms with van der Waals surface area (Å²) in [5.74, 6) is 0.961. The third-order valence-electron chi connectivity index (χ3n) is 3.21. The quantitative estimate of drug-likeness (QED) is 0.868. The van der Waals surface area contributed by atoms with Crippen LogP contribution in [0.15, 0.2) is 22.7 Å². The molecule has 94 valence electrons. The first-order valence-electron chi connectivity index (χ1n) is 6.29. The van der Waals surface area contributed by atoms with Crippen molar-refractivity contribution in [2.24, 2.45) is 5.92 Å². The molecule has 0 aliphatic heterocycles. The molecule has 2 rings (SSSR count). The summed E-state index contributed by atoms with van der Waals surface area (Å²) < 4.78 is 1.23. The summed E-state index contributed by atoms with van der Waals surface area (Å²) >= 11 is 3.67. The third-order valence-corrected chi connectivity index (χ3v) is 3.94. The second kappa shape index (κ2) is 5.98. The van der Waals surface area contributed by atoms with Crippen molar-refractivity contribution in [3.63, 3.8) is 0 Å². The minimum atomic E-state index is 0.927. The van der Waals surface area contributed by atoms with Gasteiger partial charge in [0.05, 0.1) is 0 Å². The molecular weight excluding hydrogens is 276 g/mol. The van der Waals surface area contributed by atoms with E-state index < -0.39 is 0 Å². The zero-order valence-electron chi connectivity index (χ0n) is 10.7. The number of rotatable bonds is 6. The van der Waals surface area contributed by atoms with Crippen molar-refractivity contribution in [3.05, 3.63) is 33.8 Å². The van der Waals surface area contributed by atoms with Crippen LogP contribution in [-0.2, 0) is 13.1 Å². The smallest absolute Gasteiger partial charge is 0.0242 e. The van der Waals surface area contributed by atoms with Gasteiger partial charge in [0.2, 0.25) is 0 Å². The van der Waals surface area contributed by atoms with E-state index in [0.717, 1.165) is 19.0 Å². The SMILES string of the molecule is CNCc1ccc(CN(C)CC2CC2)c(Br)c1. The number of nitrogens with one attached hydrogen (secondary N) is 1. The first kappa shape index (κ1) is 13.1. The Morgan fingerprint density at radius 1 is 1.41 bits per heavy atom. The molecule has 0 bridgehead atoms. The first-order valence-corrected chi connectivity index (χ1v) is 7.09. The average molecular weight is 297 g/mol. The van der Waals surface area contributed by atoms with Gasteiger partial charge in [0.1, 0.15) is 0 Å². The van der Waals surface area contributed by atoms with Crippen LogP contribution >= 0.6 is 15.9 Å². The lowest BCUT2D eigenvalue weighted by Crippen LogP contribution is -2.20. The second-order valence-electron chi connectivity index (χ2n) is 5.10. The van der Waals surface area contributed by atoms with Gasteiger partial charge in [-0.3, -0.25) is 0 Å². The molecule has 1 aliphatic rings. The van der Waals surface area contributed by atoms with Crippen molar-refractivity contribution in [2.75, 3.05) is 20.6 Å². The highest BCUT2D eigenvalue weighted by molar-refractivity contribution is 9.10. The van der Waals surface area contributed by atoms with Gasteiger partial charge >= 0.3 is 0 Å². The highest BCUT2D eigenvalue weighted by atomic mass is 79.9. The van der Waals surface area contributed by atoms with E-state index in [9.17, 15) is 0 Å². The van der Waals surface area contributed by atoms with E-state index in [2.05, 4.69) is 51.4 Å². The van der Waals surface area contributed by atoms with E-state index in [1.54, 1.807) is 0 Å². The molecule has 2 nitrogen and oxygen atoms in total. The van der Waals surface area contributed by atoms with Gasteiger partial charge in [0, 0.05) is 24.1 Å². The molecule has 0 atom stereocenters. The van der Waals surface area contributed by atoms with Gasteiger partial charge in [-0.2, -0.15) is 0 Å².